The molecule has 1 unspecified atom stereocenters. The highest BCUT2D eigenvalue weighted by Crippen LogP contribution is 2.14. The molecule has 0 amide bonds. The Bertz CT molecular complexity index is 289. The molecule has 1 rings (SSSR count). The summed E-state index contributed by atoms with van der Waals surface area (Å²) in [6, 6.07) is 0.325. The van der Waals surface area contributed by atoms with Crippen LogP contribution < -0.4 is 5.32 Å². The van der Waals surface area contributed by atoms with Gasteiger partial charge in [-0.3, -0.25) is 4.68 Å². The average molecular weight is 227 g/mol. The van der Waals surface area contributed by atoms with Crippen molar-refractivity contribution in [3.05, 3.63) is 18.0 Å². The molecular formula is C11H21N3O2. The Balaban J connectivity index is 2.27. The van der Waals surface area contributed by atoms with Gasteiger partial charge in [-0.1, -0.05) is 6.92 Å². The van der Waals surface area contributed by atoms with Crippen molar-refractivity contribution in [1.29, 1.82) is 0 Å². The van der Waals surface area contributed by atoms with Crippen LogP contribution in [0, 0.1) is 0 Å². The van der Waals surface area contributed by atoms with Crippen LogP contribution in [0.15, 0.2) is 12.4 Å². The number of aliphatic hydroxyl groups is 1. The Kier molecular flexibility index (Phi) is 6.07. The molecule has 16 heavy (non-hydrogen) atoms. The molecule has 0 saturated carbocycles. The first kappa shape index (κ1) is 13.2. The molecule has 0 bridgehead atoms. The highest BCUT2D eigenvalue weighted by atomic mass is 16.5. The van der Waals surface area contributed by atoms with Crippen molar-refractivity contribution in [2.45, 2.75) is 19.4 Å². The highest BCUT2D eigenvalue weighted by Gasteiger charge is 2.09. The van der Waals surface area contributed by atoms with Gasteiger partial charge in [0.05, 0.1) is 26.0 Å². The summed E-state index contributed by atoms with van der Waals surface area (Å²) < 4.78 is 6.99. The molecule has 0 saturated heterocycles. The second kappa shape index (κ2) is 7.38. The van der Waals surface area contributed by atoms with Gasteiger partial charge in [0, 0.05) is 31.4 Å². The molecular weight excluding hydrogens is 206 g/mol. The summed E-state index contributed by atoms with van der Waals surface area (Å²) >= 11 is 0. The van der Waals surface area contributed by atoms with E-state index in [4.69, 9.17) is 9.84 Å². The highest BCUT2D eigenvalue weighted by molar-refractivity contribution is 5.09. The van der Waals surface area contributed by atoms with Crippen LogP contribution in [0.1, 0.15) is 24.9 Å². The first-order valence-electron chi connectivity index (χ1n) is 5.68. The van der Waals surface area contributed by atoms with Gasteiger partial charge in [-0.25, -0.2) is 0 Å². The zero-order chi connectivity index (χ0) is 11.8. The largest absolute Gasteiger partial charge is 0.394 e. The van der Waals surface area contributed by atoms with Crippen molar-refractivity contribution in [3.8, 4) is 0 Å². The summed E-state index contributed by atoms with van der Waals surface area (Å²) in [5.74, 6) is 0. The summed E-state index contributed by atoms with van der Waals surface area (Å²) in [5.41, 5.74) is 1.20. The molecule has 5 nitrogen and oxygen atoms in total. The van der Waals surface area contributed by atoms with E-state index in [2.05, 4.69) is 17.3 Å². The van der Waals surface area contributed by atoms with E-state index in [1.807, 2.05) is 24.1 Å². The number of ether oxygens (including phenoxy) is 1. The number of hydrogen-bond acceptors (Lipinski definition) is 4. The standard InChI is InChI=1S/C11H21N3O2/c1-3-11(10-8-13-14(2)9-10)12-4-6-16-7-5-15/h8-9,11-12,15H,3-7H2,1-2H3. The number of nitrogens with one attached hydrogen (secondary N) is 1. The quantitative estimate of drug-likeness (QED) is 0.634. The smallest absolute Gasteiger partial charge is 0.0698 e. The third kappa shape index (κ3) is 4.30. The number of rotatable bonds is 8. The molecule has 0 aliphatic heterocycles. The van der Waals surface area contributed by atoms with E-state index in [-0.39, 0.29) is 6.61 Å². The van der Waals surface area contributed by atoms with E-state index < -0.39 is 0 Å². The predicted octanol–water partition coefficient (Wildman–Crippen LogP) is 0.470. The lowest BCUT2D eigenvalue weighted by atomic mass is 10.1. The Morgan fingerprint density at radius 2 is 2.38 bits per heavy atom. The van der Waals surface area contributed by atoms with E-state index in [0.29, 0.717) is 19.3 Å². The van der Waals surface area contributed by atoms with Gasteiger partial charge in [0.15, 0.2) is 0 Å². The van der Waals surface area contributed by atoms with Crippen molar-refractivity contribution < 1.29 is 9.84 Å². The maximum atomic E-state index is 8.55. The second-order valence-electron chi connectivity index (χ2n) is 3.70. The van der Waals surface area contributed by atoms with Gasteiger partial charge in [-0.15, -0.1) is 0 Å². The molecule has 0 spiro atoms. The minimum absolute atomic E-state index is 0.0831. The Morgan fingerprint density at radius 3 is 2.94 bits per heavy atom. The Hall–Kier alpha value is -0.910. The van der Waals surface area contributed by atoms with Crippen molar-refractivity contribution in [1.82, 2.24) is 15.1 Å². The number of nitrogens with zero attached hydrogens (tertiary/aromatic N) is 2. The van der Waals surface area contributed by atoms with Crippen molar-refractivity contribution >= 4 is 0 Å². The predicted molar refractivity (Wildman–Crippen MR) is 62.1 cm³/mol. The molecule has 1 aromatic rings. The minimum Gasteiger partial charge on any atom is -0.394 e. The van der Waals surface area contributed by atoms with E-state index >= 15 is 0 Å². The fourth-order valence-electron chi connectivity index (χ4n) is 1.59. The molecule has 1 aromatic heterocycles. The molecule has 1 atom stereocenters. The summed E-state index contributed by atoms with van der Waals surface area (Å²) in [6.07, 6.45) is 4.93. The van der Waals surface area contributed by atoms with Gasteiger partial charge in [0.2, 0.25) is 0 Å². The van der Waals surface area contributed by atoms with Gasteiger partial charge in [-0.05, 0) is 6.42 Å². The van der Waals surface area contributed by atoms with Crippen molar-refractivity contribution in [2.24, 2.45) is 7.05 Å². The number of aliphatic hydroxyl groups excluding tert-OH is 1. The zero-order valence-electron chi connectivity index (χ0n) is 10.0. The fourth-order valence-corrected chi connectivity index (χ4v) is 1.59. The van der Waals surface area contributed by atoms with Crippen LogP contribution in [0.5, 0.6) is 0 Å². The topological polar surface area (TPSA) is 59.3 Å². The van der Waals surface area contributed by atoms with E-state index in [9.17, 15) is 0 Å². The van der Waals surface area contributed by atoms with Gasteiger partial charge < -0.3 is 15.2 Å². The SMILES string of the molecule is CCC(NCCOCCO)c1cnn(C)c1. The van der Waals surface area contributed by atoms with Crippen LogP contribution in [0.25, 0.3) is 0 Å². The lowest BCUT2D eigenvalue weighted by molar-refractivity contribution is 0.0925. The molecule has 0 aliphatic rings. The Labute approximate surface area is 96.4 Å². The van der Waals surface area contributed by atoms with Crippen LogP contribution in [-0.2, 0) is 11.8 Å². The zero-order valence-corrected chi connectivity index (χ0v) is 10.0. The van der Waals surface area contributed by atoms with Crippen LogP contribution in [0.3, 0.4) is 0 Å². The molecule has 92 valence electrons. The number of aryl methyl sites for hydroxylation is 1. The second-order valence-corrected chi connectivity index (χ2v) is 3.70. The van der Waals surface area contributed by atoms with Gasteiger partial charge in [0.1, 0.15) is 0 Å². The molecule has 0 aliphatic carbocycles. The average Bonchev–Trinajstić information content (AvgIpc) is 2.70. The minimum atomic E-state index is 0.0831. The summed E-state index contributed by atoms with van der Waals surface area (Å²) in [5, 5.41) is 16.1. The Morgan fingerprint density at radius 1 is 1.56 bits per heavy atom. The van der Waals surface area contributed by atoms with Gasteiger partial charge in [-0.2, -0.15) is 5.10 Å². The molecule has 0 fully saturated rings. The third-order valence-corrected chi connectivity index (χ3v) is 2.41. The van der Waals surface area contributed by atoms with Crippen LogP contribution in [0.2, 0.25) is 0 Å². The molecule has 1 heterocycles. The summed E-state index contributed by atoms with van der Waals surface area (Å²) in [7, 11) is 1.92. The maximum Gasteiger partial charge on any atom is 0.0698 e. The van der Waals surface area contributed by atoms with E-state index in [0.717, 1.165) is 13.0 Å². The molecule has 5 heteroatoms. The maximum absolute atomic E-state index is 8.55. The first-order valence-corrected chi connectivity index (χ1v) is 5.68. The van der Waals surface area contributed by atoms with E-state index in [1.54, 1.807) is 0 Å². The lowest BCUT2D eigenvalue weighted by Gasteiger charge is -2.15. The monoisotopic (exact) mass is 227 g/mol. The van der Waals surface area contributed by atoms with Crippen molar-refractivity contribution in [2.75, 3.05) is 26.4 Å². The summed E-state index contributed by atoms with van der Waals surface area (Å²) in [6.45, 7) is 4.04. The number of aromatic nitrogens is 2. The molecule has 0 aromatic carbocycles. The summed E-state index contributed by atoms with van der Waals surface area (Å²) in [4.78, 5) is 0. The fraction of sp³-hybridized carbons (Fsp3) is 0.727. The van der Waals surface area contributed by atoms with Gasteiger partial charge >= 0.3 is 0 Å². The first-order chi connectivity index (χ1) is 7.77. The van der Waals surface area contributed by atoms with Crippen molar-refractivity contribution in [3.63, 3.8) is 0 Å². The van der Waals surface area contributed by atoms with Crippen LogP contribution >= 0.6 is 0 Å². The lowest BCUT2D eigenvalue weighted by Crippen LogP contribution is -2.25. The van der Waals surface area contributed by atoms with E-state index in [1.165, 1.54) is 5.56 Å². The number of hydrogen-bond donors (Lipinski definition) is 2. The normalized spacial score (nSPS) is 12.9. The molecule has 0 radical (unpaired) electrons. The van der Waals surface area contributed by atoms with Gasteiger partial charge in [0.25, 0.3) is 0 Å². The molecule has 2 N–H and O–H groups in total. The van der Waals surface area contributed by atoms with Crippen LogP contribution in [0.4, 0.5) is 0 Å². The van der Waals surface area contributed by atoms with Crippen LogP contribution in [-0.4, -0.2) is 41.3 Å². The third-order valence-electron chi connectivity index (χ3n) is 2.41.